The van der Waals surface area contributed by atoms with Crippen molar-refractivity contribution in [3.63, 3.8) is 0 Å². The van der Waals surface area contributed by atoms with Crippen molar-refractivity contribution in [1.29, 1.82) is 0 Å². The largest absolute Gasteiger partial charge is 0.379 e. The van der Waals surface area contributed by atoms with Crippen LogP contribution in [0.5, 0.6) is 0 Å². The first-order valence-corrected chi connectivity index (χ1v) is 16.8. The molecule has 5 rings (SSSR count). The summed E-state index contributed by atoms with van der Waals surface area (Å²) in [6.45, 7) is 13.7. The number of carbonyl (C=O) groups is 1. The number of piperazine rings is 1. The van der Waals surface area contributed by atoms with Gasteiger partial charge in [-0.2, -0.15) is 8.42 Å². The third-order valence-electron chi connectivity index (χ3n) is 8.69. The van der Waals surface area contributed by atoms with E-state index in [4.69, 9.17) is 13.9 Å². The van der Waals surface area contributed by atoms with Gasteiger partial charge >= 0.3 is 0 Å². The molecule has 2 saturated heterocycles. The number of morpholine rings is 1. The van der Waals surface area contributed by atoms with Crippen LogP contribution in [0.4, 0.5) is 10.1 Å². The highest BCUT2D eigenvalue weighted by molar-refractivity contribution is 7.85. The Bertz CT molecular complexity index is 1420. The number of anilines is 1. The lowest BCUT2D eigenvalue weighted by Crippen LogP contribution is -2.62. The molecule has 43 heavy (non-hydrogen) atoms. The van der Waals surface area contributed by atoms with Crippen molar-refractivity contribution in [2.45, 2.75) is 64.3 Å². The minimum absolute atomic E-state index is 0.00983. The highest BCUT2D eigenvalue weighted by Gasteiger charge is 2.41. The SMILES string of the molecule is CC1CN(CC(=O)N2CC(C)(C)c3nc(COS(C)(=O)=O)c(Cc4ccc(F)cc4)cc32)C(CN2CCOCC2C)CN1. The molecule has 3 aliphatic rings. The second-order valence-electron chi connectivity index (χ2n) is 12.9. The number of nitrogens with zero attached hydrogens (tertiary/aromatic N) is 4. The summed E-state index contributed by atoms with van der Waals surface area (Å²) in [5.41, 5.74) is 3.10. The fraction of sp³-hybridized carbons (Fsp3) is 0.613. The van der Waals surface area contributed by atoms with Gasteiger partial charge in [-0.25, -0.2) is 4.39 Å². The Hall–Kier alpha value is -2.48. The van der Waals surface area contributed by atoms with Crippen molar-refractivity contribution in [1.82, 2.24) is 20.1 Å². The van der Waals surface area contributed by atoms with E-state index in [1.165, 1.54) is 12.1 Å². The predicted octanol–water partition coefficient (Wildman–Crippen LogP) is 2.29. The number of fused-ring (bicyclic) bond motifs is 1. The molecule has 0 bridgehead atoms. The van der Waals surface area contributed by atoms with Gasteiger partial charge in [-0.3, -0.25) is 23.8 Å². The summed E-state index contributed by atoms with van der Waals surface area (Å²) in [4.78, 5) is 25.6. The molecule has 1 amide bonds. The zero-order valence-corrected chi connectivity index (χ0v) is 26.6. The zero-order valence-electron chi connectivity index (χ0n) is 25.8. The monoisotopic (exact) mass is 617 g/mol. The van der Waals surface area contributed by atoms with Crippen molar-refractivity contribution >= 4 is 21.7 Å². The Morgan fingerprint density at radius 3 is 2.65 bits per heavy atom. The van der Waals surface area contributed by atoms with Gasteiger partial charge in [-0.15, -0.1) is 0 Å². The Morgan fingerprint density at radius 2 is 1.95 bits per heavy atom. The summed E-state index contributed by atoms with van der Waals surface area (Å²) >= 11 is 0. The summed E-state index contributed by atoms with van der Waals surface area (Å²) in [5.74, 6) is -0.325. The molecule has 1 aromatic heterocycles. The summed E-state index contributed by atoms with van der Waals surface area (Å²) in [5, 5.41) is 3.59. The van der Waals surface area contributed by atoms with Gasteiger partial charge in [-0.1, -0.05) is 26.0 Å². The van der Waals surface area contributed by atoms with Crippen LogP contribution in [-0.2, 0) is 42.3 Å². The normalized spacial score (nSPS) is 24.7. The smallest absolute Gasteiger partial charge is 0.264 e. The maximum Gasteiger partial charge on any atom is 0.264 e. The molecule has 10 nitrogen and oxygen atoms in total. The minimum atomic E-state index is -3.70. The second-order valence-corrected chi connectivity index (χ2v) is 14.6. The van der Waals surface area contributed by atoms with Crippen LogP contribution in [0.1, 0.15) is 50.2 Å². The van der Waals surface area contributed by atoms with Crippen molar-refractivity contribution in [3.05, 3.63) is 58.7 Å². The average Bonchev–Trinajstić information content (AvgIpc) is 3.20. The molecule has 3 aliphatic heterocycles. The molecule has 0 aliphatic carbocycles. The van der Waals surface area contributed by atoms with Crippen LogP contribution in [0.3, 0.4) is 0 Å². The first-order chi connectivity index (χ1) is 20.3. The molecule has 0 radical (unpaired) electrons. The van der Waals surface area contributed by atoms with E-state index in [0.717, 1.165) is 68.2 Å². The van der Waals surface area contributed by atoms with Gasteiger partial charge < -0.3 is 15.0 Å². The Morgan fingerprint density at radius 1 is 1.21 bits per heavy atom. The molecule has 0 spiro atoms. The van der Waals surface area contributed by atoms with Crippen LogP contribution in [0.25, 0.3) is 0 Å². The average molecular weight is 618 g/mol. The summed E-state index contributed by atoms with van der Waals surface area (Å²) < 4.78 is 48.0. The summed E-state index contributed by atoms with van der Waals surface area (Å²) in [6, 6.07) is 8.91. The zero-order chi connectivity index (χ0) is 30.9. The number of benzene rings is 1. The third-order valence-corrected chi connectivity index (χ3v) is 9.24. The molecule has 12 heteroatoms. The van der Waals surface area contributed by atoms with Crippen molar-refractivity contribution in [2.24, 2.45) is 0 Å². The Balaban J connectivity index is 1.42. The van der Waals surface area contributed by atoms with E-state index in [1.54, 1.807) is 12.1 Å². The predicted molar refractivity (Wildman–Crippen MR) is 163 cm³/mol. The first-order valence-electron chi connectivity index (χ1n) is 15.0. The highest BCUT2D eigenvalue weighted by Crippen LogP contribution is 2.41. The number of hydrogen-bond donors (Lipinski definition) is 1. The van der Waals surface area contributed by atoms with Crippen LogP contribution in [0, 0.1) is 5.82 Å². The lowest BCUT2D eigenvalue weighted by molar-refractivity contribution is -0.121. The maximum atomic E-state index is 14.1. The lowest BCUT2D eigenvalue weighted by Gasteiger charge is -2.43. The van der Waals surface area contributed by atoms with Crippen LogP contribution in [0.15, 0.2) is 30.3 Å². The van der Waals surface area contributed by atoms with Crippen LogP contribution < -0.4 is 10.2 Å². The van der Waals surface area contributed by atoms with Crippen molar-refractivity contribution in [2.75, 3.05) is 63.6 Å². The lowest BCUT2D eigenvalue weighted by atomic mass is 9.90. The number of nitrogens with one attached hydrogen (secondary N) is 1. The molecule has 2 fully saturated rings. The molecule has 3 atom stereocenters. The van der Waals surface area contributed by atoms with E-state index in [-0.39, 0.29) is 37.0 Å². The van der Waals surface area contributed by atoms with Gasteiger partial charge in [-0.05, 0) is 49.6 Å². The van der Waals surface area contributed by atoms with Crippen molar-refractivity contribution in [3.8, 4) is 0 Å². The maximum absolute atomic E-state index is 14.1. The molecule has 4 heterocycles. The van der Waals surface area contributed by atoms with E-state index >= 15 is 0 Å². The van der Waals surface area contributed by atoms with E-state index in [1.807, 2.05) is 24.8 Å². The molecule has 2 aromatic rings. The van der Waals surface area contributed by atoms with Crippen LogP contribution in [0.2, 0.25) is 0 Å². The molecule has 1 aromatic carbocycles. The molecular weight excluding hydrogens is 573 g/mol. The summed E-state index contributed by atoms with van der Waals surface area (Å²) in [7, 11) is -3.70. The van der Waals surface area contributed by atoms with E-state index in [2.05, 4.69) is 29.0 Å². The quantitative estimate of drug-likeness (QED) is 0.425. The van der Waals surface area contributed by atoms with Crippen LogP contribution >= 0.6 is 0 Å². The second kappa shape index (κ2) is 12.9. The molecule has 3 unspecified atom stereocenters. The fourth-order valence-corrected chi connectivity index (χ4v) is 6.62. The number of amides is 1. The molecule has 1 N–H and O–H groups in total. The highest BCUT2D eigenvalue weighted by atomic mass is 32.2. The van der Waals surface area contributed by atoms with Gasteiger partial charge in [0, 0.05) is 56.3 Å². The van der Waals surface area contributed by atoms with Gasteiger partial charge in [0.1, 0.15) is 12.4 Å². The number of aromatic nitrogens is 1. The Labute approximate surface area is 254 Å². The number of rotatable bonds is 9. The molecule has 236 valence electrons. The number of halogens is 1. The van der Waals surface area contributed by atoms with Crippen LogP contribution in [-0.4, -0.2) is 106 Å². The molecular formula is C31H44FN5O5S. The number of hydrogen-bond acceptors (Lipinski definition) is 9. The van der Waals surface area contributed by atoms with Gasteiger partial charge in [0.25, 0.3) is 10.1 Å². The number of ether oxygens (including phenoxy) is 1. The summed E-state index contributed by atoms with van der Waals surface area (Å²) in [6.07, 6.45) is 1.40. The minimum Gasteiger partial charge on any atom is -0.379 e. The number of pyridine rings is 1. The van der Waals surface area contributed by atoms with E-state index in [9.17, 15) is 17.6 Å². The number of carbonyl (C=O) groups excluding carboxylic acids is 1. The first kappa shape index (κ1) is 31.9. The van der Waals surface area contributed by atoms with E-state index < -0.39 is 15.5 Å². The van der Waals surface area contributed by atoms with E-state index in [0.29, 0.717) is 24.7 Å². The topological polar surface area (TPSA) is 104 Å². The van der Waals surface area contributed by atoms with Gasteiger partial charge in [0.05, 0.1) is 43.1 Å². The van der Waals surface area contributed by atoms with Crippen molar-refractivity contribution < 1.29 is 26.5 Å². The Kier molecular flexibility index (Phi) is 9.55. The van der Waals surface area contributed by atoms with Gasteiger partial charge in [0.15, 0.2) is 0 Å². The standard InChI is InChI=1S/C31H44FN5O5S/c1-21-15-36(26(14-33-21)16-35-10-11-41-18-22(35)2)17-29(38)37-20-31(3,4)30-28(37)13-24(12-23-6-8-25(32)9-7-23)27(34-30)19-42-43(5,39)40/h6-9,13,21-22,26,33H,10-12,14-20H2,1-5H3. The van der Waals surface area contributed by atoms with Gasteiger partial charge in [0.2, 0.25) is 5.91 Å². The molecule has 0 saturated carbocycles. The third kappa shape index (κ3) is 7.79. The fourth-order valence-electron chi connectivity index (χ4n) is 6.29.